The van der Waals surface area contributed by atoms with Crippen LogP contribution in [0, 0.1) is 13.8 Å². The molecule has 2 heterocycles. The Labute approximate surface area is 218 Å². The van der Waals surface area contributed by atoms with E-state index in [1.165, 1.54) is 11.8 Å². The molecule has 1 aliphatic rings. The van der Waals surface area contributed by atoms with E-state index in [1.54, 1.807) is 48.5 Å². The van der Waals surface area contributed by atoms with E-state index < -0.39 is 17.7 Å². The lowest BCUT2D eigenvalue weighted by Crippen LogP contribution is -2.39. The van der Waals surface area contributed by atoms with Gasteiger partial charge in [-0.05, 0) is 66.9 Å². The summed E-state index contributed by atoms with van der Waals surface area (Å²) in [6.45, 7) is 4.17. The zero-order valence-electron chi connectivity index (χ0n) is 21.1. The maximum atomic E-state index is 13.3. The molecule has 0 aliphatic carbocycles. The number of nitrogens with one attached hydrogen (secondary N) is 3. The van der Waals surface area contributed by atoms with Gasteiger partial charge < -0.3 is 24.8 Å². The molecular formula is C28H26N4O6. The second kappa shape index (κ2) is 10.2. The number of nitrogens with zero attached hydrogens (tertiary/aromatic N) is 1. The molecule has 0 bridgehead atoms. The molecule has 4 aromatic rings. The van der Waals surface area contributed by atoms with Crippen LogP contribution >= 0.6 is 0 Å². The summed E-state index contributed by atoms with van der Waals surface area (Å²) in [4.78, 5) is 38.9. The molecule has 0 saturated carbocycles. The monoisotopic (exact) mass is 514 g/mol. The van der Waals surface area contributed by atoms with E-state index in [0.717, 1.165) is 16.7 Å². The SMILES string of the molecule is COc1cccc2cc(C(=O)Nc3ccc(C)c(C)c3)n(NC(=O)C(=O)NCc3ccc4c(c3)OCO4)c12. The largest absolute Gasteiger partial charge is 0.494 e. The number of anilines is 1. The number of hydrogen-bond donors (Lipinski definition) is 3. The molecule has 3 amide bonds. The lowest BCUT2D eigenvalue weighted by molar-refractivity contribution is -0.136. The van der Waals surface area contributed by atoms with Crippen molar-refractivity contribution in [3.05, 3.63) is 83.0 Å². The Hall–Kier alpha value is -4.99. The van der Waals surface area contributed by atoms with Crippen molar-refractivity contribution in [1.82, 2.24) is 9.99 Å². The van der Waals surface area contributed by atoms with Crippen molar-refractivity contribution in [2.24, 2.45) is 0 Å². The normalized spacial score (nSPS) is 11.8. The molecule has 194 valence electrons. The summed E-state index contributed by atoms with van der Waals surface area (Å²) in [7, 11) is 1.49. The molecule has 10 heteroatoms. The van der Waals surface area contributed by atoms with Gasteiger partial charge in [0.1, 0.15) is 17.0 Å². The fourth-order valence-electron chi connectivity index (χ4n) is 4.16. The van der Waals surface area contributed by atoms with Crippen LogP contribution in [0.3, 0.4) is 0 Å². The highest BCUT2D eigenvalue weighted by molar-refractivity contribution is 6.38. The van der Waals surface area contributed by atoms with Gasteiger partial charge in [-0.15, -0.1) is 0 Å². The number of fused-ring (bicyclic) bond motifs is 2. The summed E-state index contributed by atoms with van der Waals surface area (Å²) in [6, 6.07) is 17.7. The number of para-hydroxylation sites is 1. The fraction of sp³-hybridized carbons (Fsp3) is 0.179. The summed E-state index contributed by atoms with van der Waals surface area (Å²) in [5.41, 5.74) is 6.58. The summed E-state index contributed by atoms with van der Waals surface area (Å²) in [5, 5.41) is 6.10. The summed E-state index contributed by atoms with van der Waals surface area (Å²) in [6.07, 6.45) is 0. The minimum absolute atomic E-state index is 0.0960. The molecule has 10 nitrogen and oxygen atoms in total. The molecule has 0 fully saturated rings. The molecule has 0 unspecified atom stereocenters. The third kappa shape index (κ3) is 4.83. The van der Waals surface area contributed by atoms with E-state index in [9.17, 15) is 14.4 Å². The summed E-state index contributed by atoms with van der Waals surface area (Å²) >= 11 is 0. The molecule has 1 aromatic heterocycles. The number of benzene rings is 3. The highest BCUT2D eigenvalue weighted by atomic mass is 16.7. The molecular weight excluding hydrogens is 488 g/mol. The summed E-state index contributed by atoms with van der Waals surface area (Å²) < 4.78 is 17.4. The molecule has 0 atom stereocenters. The van der Waals surface area contributed by atoms with Crippen LogP contribution in [0.25, 0.3) is 10.9 Å². The average Bonchev–Trinajstić information content (AvgIpc) is 3.53. The first kappa shape index (κ1) is 24.7. The van der Waals surface area contributed by atoms with Gasteiger partial charge in [-0.3, -0.25) is 19.8 Å². The number of carbonyl (C=O) groups is 3. The molecule has 5 rings (SSSR count). The van der Waals surface area contributed by atoms with E-state index in [1.807, 2.05) is 26.0 Å². The number of hydrogen-bond acceptors (Lipinski definition) is 6. The van der Waals surface area contributed by atoms with Crippen LogP contribution in [-0.4, -0.2) is 36.3 Å². The smallest absolute Gasteiger partial charge is 0.328 e. The predicted octanol–water partition coefficient (Wildman–Crippen LogP) is 3.63. The lowest BCUT2D eigenvalue weighted by Gasteiger charge is -2.14. The zero-order valence-corrected chi connectivity index (χ0v) is 21.1. The predicted molar refractivity (Wildman–Crippen MR) is 141 cm³/mol. The van der Waals surface area contributed by atoms with Gasteiger partial charge in [0.25, 0.3) is 5.91 Å². The highest BCUT2D eigenvalue weighted by Gasteiger charge is 2.23. The Morgan fingerprint density at radius 3 is 2.53 bits per heavy atom. The van der Waals surface area contributed by atoms with Gasteiger partial charge in [-0.2, -0.15) is 0 Å². The number of rotatable bonds is 6. The number of ether oxygens (including phenoxy) is 3. The Bertz CT molecular complexity index is 1580. The standard InChI is InChI=1S/C28H26N4O6/c1-16-7-9-20(11-17(16)2)30-26(33)21-13-19-5-4-6-23(36-3)25(19)32(21)31-28(35)27(34)29-14-18-8-10-22-24(12-18)38-15-37-22/h4-13H,14-15H2,1-3H3,(H,29,34)(H,30,33)(H,31,35). The van der Waals surface area contributed by atoms with Gasteiger partial charge in [0, 0.05) is 17.6 Å². The molecule has 3 N–H and O–H groups in total. The molecule has 38 heavy (non-hydrogen) atoms. The van der Waals surface area contributed by atoms with Gasteiger partial charge in [-0.25, -0.2) is 4.68 Å². The van der Waals surface area contributed by atoms with Gasteiger partial charge in [-0.1, -0.05) is 24.3 Å². The molecule has 0 saturated heterocycles. The Balaban J connectivity index is 1.38. The average molecular weight is 515 g/mol. The quantitative estimate of drug-likeness (QED) is 0.338. The van der Waals surface area contributed by atoms with Crippen LogP contribution in [0.4, 0.5) is 5.69 Å². The van der Waals surface area contributed by atoms with Crippen molar-refractivity contribution < 1.29 is 28.6 Å². The molecule has 3 aromatic carbocycles. The number of carbonyl (C=O) groups excluding carboxylic acids is 3. The Morgan fingerprint density at radius 1 is 0.921 bits per heavy atom. The van der Waals surface area contributed by atoms with Gasteiger partial charge >= 0.3 is 11.8 Å². The van der Waals surface area contributed by atoms with E-state index in [4.69, 9.17) is 14.2 Å². The fourth-order valence-corrected chi connectivity index (χ4v) is 4.16. The van der Waals surface area contributed by atoms with E-state index >= 15 is 0 Å². The van der Waals surface area contributed by atoms with Crippen molar-refractivity contribution in [2.75, 3.05) is 24.6 Å². The van der Waals surface area contributed by atoms with Crippen molar-refractivity contribution in [2.45, 2.75) is 20.4 Å². The van der Waals surface area contributed by atoms with E-state index in [0.29, 0.717) is 33.8 Å². The minimum Gasteiger partial charge on any atom is -0.494 e. The molecule has 0 spiro atoms. The maximum Gasteiger partial charge on any atom is 0.328 e. The molecule has 1 aliphatic heterocycles. The van der Waals surface area contributed by atoms with Crippen LogP contribution in [0.15, 0.2) is 60.7 Å². The van der Waals surface area contributed by atoms with Crippen LogP contribution in [0.2, 0.25) is 0 Å². The van der Waals surface area contributed by atoms with Crippen molar-refractivity contribution >= 4 is 34.3 Å². The number of amides is 3. The third-order valence-electron chi connectivity index (χ3n) is 6.31. The van der Waals surface area contributed by atoms with Crippen LogP contribution in [0.1, 0.15) is 27.2 Å². The first-order valence-corrected chi connectivity index (χ1v) is 11.9. The van der Waals surface area contributed by atoms with Crippen molar-refractivity contribution in [3.8, 4) is 17.2 Å². The Morgan fingerprint density at radius 2 is 1.74 bits per heavy atom. The van der Waals surface area contributed by atoms with Crippen molar-refractivity contribution in [3.63, 3.8) is 0 Å². The van der Waals surface area contributed by atoms with Crippen molar-refractivity contribution in [1.29, 1.82) is 0 Å². The molecule has 0 radical (unpaired) electrons. The first-order chi connectivity index (χ1) is 18.3. The Kier molecular flexibility index (Phi) is 6.61. The maximum absolute atomic E-state index is 13.3. The highest BCUT2D eigenvalue weighted by Crippen LogP contribution is 2.32. The van der Waals surface area contributed by atoms with Crippen LogP contribution in [-0.2, 0) is 16.1 Å². The lowest BCUT2D eigenvalue weighted by atomic mass is 10.1. The van der Waals surface area contributed by atoms with Gasteiger partial charge in [0.05, 0.1) is 7.11 Å². The van der Waals surface area contributed by atoms with Crippen LogP contribution in [0.5, 0.6) is 17.2 Å². The second-order valence-electron chi connectivity index (χ2n) is 8.83. The first-order valence-electron chi connectivity index (χ1n) is 11.9. The van der Waals surface area contributed by atoms with E-state index in [-0.39, 0.29) is 19.0 Å². The minimum atomic E-state index is -0.950. The van der Waals surface area contributed by atoms with Gasteiger partial charge in [0.15, 0.2) is 11.5 Å². The number of aromatic nitrogens is 1. The number of methoxy groups -OCH3 is 1. The van der Waals surface area contributed by atoms with Crippen LogP contribution < -0.4 is 30.3 Å². The number of aryl methyl sites for hydroxylation is 2. The topological polar surface area (TPSA) is 120 Å². The van der Waals surface area contributed by atoms with E-state index in [2.05, 4.69) is 16.1 Å². The van der Waals surface area contributed by atoms with Gasteiger partial charge in [0.2, 0.25) is 6.79 Å². The summed E-state index contributed by atoms with van der Waals surface area (Å²) in [5.74, 6) is -0.667. The zero-order chi connectivity index (χ0) is 26.8. The second-order valence-corrected chi connectivity index (χ2v) is 8.83. The third-order valence-corrected chi connectivity index (χ3v) is 6.31.